The van der Waals surface area contributed by atoms with E-state index in [1.54, 1.807) is 23.1 Å². The van der Waals surface area contributed by atoms with Gasteiger partial charge in [0.2, 0.25) is 0 Å². The smallest absolute Gasteiger partial charge is 0.255 e. The van der Waals surface area contributed by atoms with Crippen LogP contribution in [0.2, 0.25) is 10.0 Å². The van der Waals surface area contributed by atoms with Gasteiger partial charge in [-0.25, -0.2) is 0 Å². The van der Waals surface area contributed by atoms with Crippen molar-refractivity contribution >= 4 is 57.4 Å². The molecule has 0 spiro atoms. The molecule has 1 heterocycles. The second-order valence-corrected chi connectivity index (χ2v) is 6.35. The van der Waals surface area contributed by atoms with Gasteiger partial charge < -0.3 is 4.90 Å². The standard InChI is InChI=1S/C14H13Cl2IN2O/c1-4-13(17)18-8(2)14(20)19(9(18)3)12-6-10(15)5-11(16)7-12/h4-8H,3H2,1-2H3/b13-4-/t8-/m0/s1. The highest BCUT2D eigenvalue weighted by molar-refractivity contribution is 14.1. The van der Waals surface area contributed by atoms with Crippen LogP contribution in [0.4, 0.5) is 5.69 Å². The maximum Gasteiger partial charge on any atom is 0.255 e. The Balaban J connectivity index is 2.47. The fraction of sp³-hybridized carbons (Fsp3) is 0.214. The van der Waals surface area contributed by atoms with Gasteiger partial charge in [-0.3, -0.25) is 9.69 Å². The number of hydrogen-bond acceptors (Lipinski definition) is 2. The van der Waals surface area contributed by atoms with Gasteiger partial charge in [-0.1, -0.05) is 35.9 Å². The molecule has 1 aromatic carbocycles. The zero-order valence-electron chi connectivity index (χ0n) is 11.0. The van der Waals surface area contributed by atoms with Crippen molar-refractivity contribution in [2.45, 2.75) is 19.9 Å². The van der Waals surface area contributed by atoms with Crippen LogP contribution in [-0.2, 0) is 4.79 Å². The molecule has 0 aliphatic carbocycles. The zero-order chi connectivity index (χ0) is 15.0. The van der Waals surface area contributed by atoms with E-state index in [0.717, 1.165) is 3.70 Å². The highest BCUT2D eigenvalue weighted by atomic mass is 127. The first-order valence-corrected chi connectivity index (χ1v) is 7.80. The zero-order valence-corrected chi connectivity index (χ0v) is 14.7. The number of carbonyl (C=O) groups excluding carboxylic acids is 1. The first-order chi connectivity index (χ1) is 9.36. The van der Waals surface area contributed by atoms with E-state index in [9.17, 15) is 4.79 Å². The number of carbonyl (C=O) groups is 1. The van der Waals surface area contributed by atoms with Crippen molar-refractivity contribution in [3.63, 3.8) is 0 Å². The number of allylic oxidation sites excluding steroid dienone is 1. The number of anilines is 1. The molecule has 0 aromatic heterocycles. The Bertz CT molecular complexity index is 595. The Morgan fingerprint density at radius 2 is 1.90 bits per heavy atom. The summed E-state index contributed by atoms with van der Waals surface area (Å²) in [5.74, 6) is 0.549. The van der Waals surface area contributed by atoms with E-state index in [-0.39, 0.29) is 11.9 Å². The van der Waals surface area contributed by atoms with Crippen LogP contribution in [0.5, 0.6) is 0 Å². The van der Waals surface area contributed by atoms with Crippen LogP contribution in [-0.4, -0.2) is 16.8 Å². The minimum atomic E-state index is -0.302. The second-order valence-electron chi connectivity index (χ2n) is 4.37. The molecular weight excluding hydrogens is 410 g/mol. The van der Waals surface area contributed by atoms with Crippen LogP contribution in [0.1, 0.15) is 13.8 Å². The van der Waals surface area contributed by atoms with Crippen LogP contribution in [0.15, 0.2) is 40.4 Å². The van der Waals surface area contributed by atoms with Gasteiger partial charge in [-0.05, 0) is 54.6 Å². The van der Waals surface area contributed by atoms with Crippen LogP contribution in [0, 0.1) is 0 Å². The minimum Gasteiger partial charge on any atom is -0.311 e. The van der Waals surface area contributed by atoms with Gasteiger partial charge in [0.05, 0.1) is 9.39 Å². The number of halogens is 3. The van der Waals surface area contributed by atoms with Crippen molar-refractivity contribution in [1.29, 1.82) is 0 Å². The van der Waals surface area contributed by atoms with Crippen molar-refractivity contribution in [1.82, 2.24) is 4.90 Å². The molecule has 1 aliphatic heterocycles. The number of amides is 1. The van der Waals surface area contributed by atoms with Crippen molar-refractivity contribution in [3.8, 4) is 0 Å². The molecule has 106 valence electrons. The number of hydrogen-bond donors (Lipinski definition) is 0. The van der Waals surface area contributed by atoms with Crippen molar-refractivity contribution in [2.75, 3.05) is 4.90 Å². The SMILES string of the molecule is C=C1N(c2cc(Cl)cc(Cl)c2)C(=O)[C@H](C)N1/C(I)=C\C. The monoisotopic (exact) mass is 422 g/mol. The van der Waals surface area contributed by atoms with Gasteiger partial charge in [0.1, 0.15) is 11.9 Å². The predicted octanol–water partition coefficient (Wildman–Crippen LogP) is 4.80. The minimum absolute atomic E-state index is 0.0515. The molecule has 0 unspecified atom stereocenters. The van der Waals surface area contributed by atoms with E-state index < -0.39 is 0 Å². The lowest BCUT2D eigenvalue weighted by atomic mass is 10.2. The fourth-order valence-electron chi connectivity index (χ4n) is 2.15. The molecule has 2 rings (SSSR count). The van der Waals surface area contributed by atoms with Gasteiger partial charge >= 0.3 is 0 Å². The molecular formula is C14H13Cl2IN2O. The van der Waals surface area contributed by atoms with E-state index in [1.807, 2.05) is 24.8 Å². The topological polar surface area (TPSA) is 23.6 Å². The molecule has 0 saturated carbocycles. The molecule has 0 bridgehead atoms. The highest BCUT2D eigenvalue weighted by Gasteiger charge is 2.40. The lowest BCUT2D eigenvalue weighted by Crippen LogP contribution is -2.28. The normalized spacial score (nSPS) is 20.1. The summed E-state index contributed by atoms with van der Waals surface area (Å²) in [4.78, 5) is 15.9. The number of benzene rings is 1. The highest BCUT2D eigenvalue weighted by Crippen LogP contribution is 2.36. The van der Waals surface area contributed by atoms with Gasteiger partial charge in [-0.15, -0.1) is 0 Å². The molecule has 1 amide bonds. The quantitative estimate of drug-likeness (QED) is 0.505. The van der Waals surface area contributed by atoms with E-state index in [2.05, 4.69) is 29.2 Å². The Labute approximate surface area is 142 Å². The van der Waals surface area contributed by atoms with E-state index in [4.69, 9.17) is 23.2 Å². The van der Waals surface area contributed by atoms with Gasteiger partial charge in [0.25, 0.3) is 5.91 Å². The molecule has 1 aromatic rings. The van der Waals surface area contributed by atoms with Gasteiger partial charge in [0, 0.05) is 10.0 Å². The third-order valence-electron chi connectivity index (χ3n) is 3.08. The molecule has 1 atom stereocenters. The summed E-state index contributed by atoms with van der Waals surface area (Å²) in [6, 6.07) is 4.74. The lowest BCUT2D eigenvalue weighted by molar-refractivity contribution is -0.118. The van der Waals surface area contributed by atoms with Crippen LogP contribution < -0.4 is 4.90 Å². The number of rotatable bonds is 2. The first-order valence-electron chi connectivity index (χ1n) is 5.96. The molecule has 0 N–H and O–H groups in total. The van der Waals surface area contributed by atoms with Gasteiger partial charge in [-0.2, -0.15) is 0 Å². The predicted molar refractivity (Wildman–Crippen MR) is 92.2 cm³/mol. The summed E-state index contributed by atoms with van der Waals surface area (Å²) in [5.41, 5.74) is 0.632. The molecule has 20 heavy (non-hydrogen) atoms. The summed E-state index contributed by atoms with van der Waals surface area (Å²) in [6.45, 7) is 7.79. The van der Waals surface area contributed by atoms with Crippen molar-refractivity contribution in [3.05, 3.63) is 50.4 Å². The van der Waals surface area contributed by atoms with E-state index >= 15 is 0 Å². The van der Waals surface area contributed by atoms with Crippen molar-refractivity contribution < 1.29 is 4.79 Å². The largest absolute Gasteiger partial charge is 0.311 e. The summed E-state index contributed by atoms with van der Waals surface area (Å²) in [7, 11) is 0. The lowest BCUT2D eigenvalue weighted by Gasteiger charge is -2.23. The third-order valence-corrected chi connectivity index (χ3v) is 4.65. The van der Waals surface area contributed by atoms with E-state index in [1.165, 1.54) is 0 Å². The second kappa shape index (κ2) is 5.95. The fourth-order valence-corrected chi connectivity index (χ4v) is 3.36. The van der Waals surface area contributed by atoms with Crippen LogP contribution >= 0.6 is 45.8 Å². The van der Waals surface area contributed by atoms with Crippen LogP contribution in [0.3, 0.4) is 0 Å². The molecule has 1 saturated heterocycles. The van der Waals surface area contributed by atoms with Gasteiger partial charge in [0.15, 0.2) is 0 Å². The summed E-state index contributed by atoms with van der Waals surface area (Å²) < 4.78 is 0.948. The maximum absolute atomic E-state index is 12.5. The molecule has 1 fully saturated rings. The Morgan fingerprint density at radius 3 is 2.40 bits per heavy atom. The van der Waals surface area contributed by atoms with Crippen LogP contribution in [0.25, 0.3) is 0 Å². The average molecular weight is 423 g/mol. The summed E-state index contributed by atoms with van der Waals surface area (Å²) in [5, 5.41) is 0.972. The molecule has 6 heteroatoms. The number of nitrogens with zero attached hydrogens (tertiary/aromatic N) is 2. The summed E-state index contributed by atoms with van der Waals surface area (Å²) >= 11 is 14.2. The van der Waals surface area contributed by atoms with E-state index in [0.29, 0.717) is 21.6 Å². The molecule has 0 radical (unpaired) electrons. The first kappa shape index (κ1) is 15.7. The maximum atomic E-state index is 12.5. The average Bonchev–Trinajstić information content (AvgIpc) is 2.58. The molecule has 1 aliphatic rings. The Hall–Kier alpha value is -0.720. The molecule has 3 nitrogen and oxygen atoms in total. The summed E-state index contributed by atoms with van der Waals surface area (Å²) in [6.07, 6.45) is 1.93. The Kier molecular flexibility index (Phi) is 4.66. The third kappa shape index (κ3) is 2.69. The Morgan fingerprint density at radius 1 is 1.35 bits per heavy atom. The van der Waals surface area contributed by atoms with Crippen molar-refractivity contribution in [2.24, 2.45) is 0 Å².